The lowest BCUT2D eigenvalue weighted by Crippen LogP contribution is -2.58. The van der Waals surface area contributed by atoms with E-state index >= 15 is 0 Å². The van der Waals surface area contributed by atoms with Crippen LogP contribution in [0.25, 0.3) is 16.8 Å². The topological polar surface area (TPSA) is 35.8 Å². The monoisotopic (exact) mass is 476 g/mol. The van der Waals surface area contributed by atoms with E-state index in [0.717, 1.165) is 57.2 Å². The second kappa shape index (κ2) is 9.60. The Hall–Kier alpha value is -2.16. The number of hydrogen-bond donors (Lipinski definition) is 0. The summed E-state index contributed by atoms with van der Waals surface area (Å²) in [4.78, 5) is 0. The number of ether oxygens (including phenoxy) is 2. The molecule has 0 N–H and O–H groups in total. The Labute approximate surface area is 198 Å². The van der Waals surface area contributed by atoms with Crippen LogP contribution in [0.4, 0.5) is 14.5 Å². The minimum atomic E-state index is -2.43. The molecule has 1 saturated heterocycles. The van der Waals surface area contributed by atoms with E-state index in [1.807, 2.05) is 49.0 Å². The largest absolute Gasteiger partial charge is 0.496 e. The van der Waals surface area contributed by atoms with Crippen LogP contribution in [0.2, 0.25) is 0 Å². The minimum Gasteiger partial charge on any atom is -0.496 e. The molecule has 178 valence electrons. The first-order chi connectivity index (χ1) is 15.8. The summed E-state index contributed by atoms with van der Waals surface area (Å²) in [6.07, 6.45) is 1.03. The number of quaternary nitrogens is 1. The molecule has 0 spiro atoms. The van der Waals surface area contributed by atoms with Gasteiger partial charge in [-0.25, -0.2) is 13.3 Å². The van der Waals surface area contributed by atoms with Crippen LogP contribution in [0.3, 0.4) is 0 Å². The van der Waals surface area contributed by atoms with Gasteiger partial charge < -0.3 is 9.47 Å². The standard InChI is InChI=1S/C25H32F2N3O2S/c1-16-13-17(2)23(21(14-16)31-4)19-7-6-8-20-24(25(33-5)28-29(19)20)30(3,15-22(26)27)18-9-11-32-12-10-18/h6-8,13-14,18,22H,9-12,15H2,1-5H3/q+1. The molecule has 1 aromatic carbocycles. The highest BCUT2D eigenvalue weighted by molar-refractivity contribution is 7.98. The lowest BCUT2D eigenvalue weighted by Gasteiger charge is -2.42. The van der Waals surface area contributed by atoms with Gasteiger partial charge in [0.1, 0.15) is 17.8 Å². The summed E-state index contributed by atoms with van der Waals surface area (Å²) in [5.41, 5.74) is 5.76. The van der Waals surface area contributed by atoms with E-state index in [2.05, 4.69) is 13.0 Å². The van der Waals surface area contributed by atoms with Crippen LogP contribution in [-0.4, -0.2) is 62.3 Å². The average Bonchev–Trinajstić information content (AvgIpc) is 3.18. The van der Waals surface area contributed by atoms with Crippen molar-refractivity contribution in [2.45, 2.75) is 44.2 Å². The van der Waals surface area contributed by atoms with Crippen molar-refractivity contribution in [2.75, 3.05) is 40.2 Å². The predicted molar refractivity (Wildman–Crippen MR) is 131 cm³/mol. The van der Waals surface area contributed by atoms with E-state index < -0.39 is 6.43 Å². The van der Waals surface area contributed by atoms with E-state index in [1.165, 1.54) is 11.8 Å². The normalized spacial score (nSPS) is 17.0. The molecule has 0 amide bonds. The smallest absolute Gasteiger partial charge is 0.286 e. The van der Waals surface area contributed by atoms with Crippen molar-refractivity contribution in [1.29, 1.82) is 0 Å². The number of hydrogen-bond acceptors (Lipinski definition) is 4. The van der Waals surface area contributed by atoms with Gasteiger partial charge in [-0.05, 0) is 49.4 Å². The highest BCUT2D eigenvalue weighted by atomic mass is 32.2. The molecule has 0 bridgehead atoms. The first-order valence-corrected chi connectivity index (χ1v) is 12.5. The van der Waals surface area contributed by atoms with Gasteiger partial charge >= 0.3 is 0 Å². The Bertz CT molecular complexity index is 1140. The summed E-state index contributed by atoms with van der Waals surface area (Å²) in [6.45, 7) is 5.04. The molecule has 8 heteroatoms. The van der Waals surface area contributed by atoms with E-state index in [9.17, 15) is 8.78 Å². The quantitative estimate of drug-likeness (QED) is 0.322. The molecule has 1 fully saturated rings. The summed E-state index contributed by atoms with van der Waals surface area (Å²) in [5, 5.41) is 5.73. The van der Waals surface area contributed by atoms with Crippen LogP contribution >= 0.6 is 11.8 Å². The van der Waals surface area contributed by atoms with Crippen molar-refractivity contribution >= 4 is 23.0 Å². The molecule has 1 atom stereocenters. The van der Waals surface area contributed by atoms with Gasteiger partial charge in [0.25, 0.3) is 6.43 Å². The molecule has 1 aliphatic rings. The highest BCUT2D eigenvalue weighted by Crippen LogP contribution is 2.43. The van der Waals surface area contributed by atoms with Crippen LogP contribution in [-0.2, 0) is 4.74 Å². The SMILES string of the molecule is COc1cc(C)cc(C)c1-c1cccc2c([N+](C)(CC(F)F)C3CCOCC3)c(SC)nn12. The van der Waals surface area contributed by atoms with Crippen molar-refractivity contribution in [1.82, 2.24) is 14.1 Å². The number of nitrogens with zero attached hydrogens (tertiary/aromatic N) is 3. The fraction of sp³-hybridized carbons (Fsp3) is 0.480. The molecule has 1 unspecified atom stereocenters. The molecular weight excluding hydrogens is 444 g/mol. The first-order valence-electron chi connectivity index (χ1n) is 11.2. The lowest BCUT2D eigenvalue weighted by molar-refractivity contribution is 0.0207. The number of fused-ring (bicyclic) bond motifs is 1. The summed E-state index contributed by atoms with van der Waals surface area (Å²) in [7, 11) is 3.60. The molecular formula is C25H32F2N3O2S+. The number of aryl methyl sites for hydroxylation is 2. The maximum Gasteiger partial charge on any atom is 0.286 e. The summed E-state index contributed by atoms with van der Waals surface area (Å²) < 4.78 is 41.2. The Balaban J connectivity index is 1.98. The summed E-state index contributed by atoms with van der Waals surface area (Å²) >= 11 is 1.50. The summed E-state index contributed by atoms with van der Waals surface area (Å²) in [5.74, 6) is 0.775. The van der Waals surface area contributed by atoms with Crippen LogP contribution in [0, 0.1) is 13.8 Å². The lowest BCUT2D eigenvalue weighted by atomic mass is 10.0. The Morgan fingerprint density at radius 2 is 1.97 bits per heavy atom. The zero-order valence-corrected chi connectivity index (χ0v) is 20.7. The minimum absolute atomic E-state index is 0.0472. The second-order valence-electron chi connectivity index (χ2n) is 8.91. The third-order valence-corrected chi connectivity index (χ3v) is 7.40. The number of aromatic nitrogens is 2. The van der Waals surface area contributed by atoms with Gasteiger partial charge in [-0.1, -0.05) is 12.1 Å². The maximum absolute atomic E-state index is 13.9. The van der Waals surface area contributed by atoms with Crippen molar-refractivity contribution in [2.24, 2.45) is 0 Å². The number of benzene rings is 1. The van der Waals surface area contributed by atoms with E-state index in [-0.39, 0.29) is 17.1 Å². The molecule has 33 heavy (non-hydrogen) atoms. The van der Waals surface area contributed by atoms with Crippen LogP contribution < -0.4 is 9.22 Å². The maximum atomic E-state index is 13.9. The van der Waals surface area contributed by atoms with E-state index in [1.54, 1.807) is 7.11 Å². The molecule has 1 aliphatic heterocycles. The van der Waals surface area contributed by atoms with Crippen LogP contribution in [0.15, 0.2) is 35.4 Å². The van der Waals surface area contributed by atoms with E-state index in [0.29, 0.717) is 13.2 Å². The highest BCUT2D eigenvalue weighted by Gasteiger charge is 2.43. The van der Waals surface area contributed by atoms with Gasteiger partial charge in [0.15, 0.2) is 10.7 Å². The van der Waals surface area contributed by atoms with Crippen molar-refractivity contribution in [3.05, 3.63) is 41.5 Å². The Morgan fingerprint density at radius 3 is 2.61 bits per heavy atom. The number of pyridine rings is 1. The van der Waals surface area contributed by atoms with E-state index in [4.69, 9.17) is 14.6 Å². The molecule has 0 saturated carbocycles. The fourth-order valence-corrected chi connectivity index (χ4v) is 5.90. The number of alkyl halides is 2. The predicted octanol–water partition coefficient (Wildman–Crippen LogP) is 5.73. The summed E-state index contributed by atoms with van der Waals surface area (Å²) in [6, 6.07) is 10.2. The van der Waals surface area contributed by atoms with Gasteiger partial charge in [-0.3, -0.25) is 4.48 Å². The van der Waals surface area contributed by atoms with Crippen molar-refractivity contribution < 1.29 is 18.3 Å². The fourth-order valence-electron chi connectivity index (χ4n) is 5.23. The van der Waals surface area contributed by atoms with Crippen LogP contribution in [0.1, 0.15) is 24.0 Å². The molecule has 2 aromatic heterocycles. The Kier molecular flexibility index (Phi) is 6.98. The zero-order valence-electron chi connectivity index (χ0n) is 19.9. The third-order valence-electron chi connectivity index (χ3n) is 6.74. The van der Waals surface area contributed by atoms with Gasteiger partial charge in [-0.15, -0.1) is 11.8 Å². The van der Waals surface area contributed by atoms with Crippen LogP contribution in [0.5, 0.6) is 5.75 Å². The number of halogens is 2. The van der Waals surface area contributed by atoms with Crippen molar-refractivity contribution in [3.8, 4) is 17.0 Å². The third kappa shape index (κ3) is 4.36. The Morgan fingerprint density at radius 1 is 1.24 bits per heavy atom. The average molecular weight is 477 g/mol. The second-order valence-corrected chi connectivity index (χ2v) is 9.71. The van der Waals surface area contributed by atoms with Gasteiger partial charge in [-0.2, -0.15) is 5.10 Å². The first kappa shape index (κ1) is 24.0. The molecule has 3 heterocycles. The molecule has 5 nitrogen and oxygen atoms in total. The number of rotatable bonds is 7. The van der Waals surface area contributed by atoms with Gasteiger partial charge in [0.05, 0.1) is 39.1 Å². The molecule has 0 radical (unpaired) electrons. The van der Waals surface area contributed by atoms with Gasteiger partial charge in [0.2, 0.25) is 0 Å². The zero-order chi connectivity index (χ0) is 23.8. The molecule has 0 aliphatic carbocycles. The van der Waals surface area contributed by atoms with Crippen molar-refractivity contribution in [3.63, 3.8) is 0 Å². The molecule has 3 aromatic rings. The molecule has 4 rings (SSSR count). The number of thioether (sulfide) groups is 1. The van der Waals surface area contributed by atoms with Gasteiger partial charge in [0, 0.05) is 18.4 Å². The number of methoxy groups -OCH3 is 1.